The Morgan fingerprint density at radius 3 is 2.37 bits per heavy atom. The van der Waals surface area contributed by atoms with Crippen LogP contribution in [0.3, 0.4) is 0 Å². The fourth-order valence-corrected chi connectivity index (χ4v) is 3.98. The summed E-state index contributed by atoms with van der Waals surface area (Å²) in [4.78, 5) is 40.3. The number of amides is 4. The summed E-state index contributed by atoms with van der Waals surface area (Å²) in [7, 11) is 3.48. The monoisotopic (exact) mass is 372 g/mol. The molecule has 2 N–H and O–H groups in total. The van der Waals surface area contributed by atoms with Gasteiger partial charge in [-0.2, -0.15) is 0 Å². The minimum absolute atomic E-state index is 0.0868. The molecule has 0 atom stereocenters. The van der Waals surface area contributed by atoms with Gasteiger partial charge in [0.2, 0.25) is 0 Å². The number of hydrogen-bond donors (Lipinski definition) is 2. The summed E-state index contributed by atoms with van der Waals surface area (Å²) in [6, 6.07) is 7.04. The Hall–Kier alpha value is -2.41. The Morgan fingerprint density at radius 2 is 1.78 bits per heavy atom. The first-order chi connectivity index (χ1) is 12.9. The van der Waals surface area contributed by atoms with Gasteiger partial charge in [-0.25, -0.2) is 9.69 Å². The highest BCUT2D eigenvalue weighted by Gasteiger charge is 2.50. The zero-order valence-electron chi connectivity index (χ0n) is 16.1. The van der Waals surface area contributed by atoms with Crippen molar-refractivity contribution in [1.29, 1.82) is 0 Å². The van der Waals surface area contributed by atoms with Gasteiger partial charge in [0, 0.05) is 19.2 Å². The van der Waals surface area contributed by atoms with Gasteiger partial charge in [0.25, 0.3) is 11.8 Å². The van der Waals surface area contributed by atoms with Crippen LogP contribution in [0.5, 0.6) is 0 Å². The molecule has 0 unspecified atom stereocenters. The quantitative estimate of drug-likeness (QED) is 0.776. The zero-order valence-corrected chi connectivity index (χ0v) is 16.1. The molecule has 3 rings (SSSR count). The Balaban J connectivity index is 1.62. The Kier molecular flexibility index (Phi) is 5.79. The van der Waals surface area contributed by atoms with Crippen molar-refractivity contribution in [3.8, 4) is 0 Å². The van der Waals surface area contributed by atoms with Gasteiger partial charge in [0.1, 0.15) is 5.54 Å². The molecule has 1 heterocycles. The average molecular weight is 372 g/mol. The molecule has 1 saturated heterocycles. The van der Waals surface area contributed by atoms with Crippen LogP contribution in [-0.2, 0) is 11.3 Å². The molecule has 1 aromatic rings. The topological polar surface area (TPSA) is 81.8 Å². The highest BCUT2D eigenvalue weighted by molar-refractivity contribution is 6.07. The van der Waals surface area contributed by atoms with E-state index in [1.165, 1.54) is 4.90 Å². The molecule has 27 heavy (non-hydrogen) atoms. The first-order valence-electron chi connectivity index (χ1n) is 9.59. The van der Waals surface area contributed by atoms with Gasteiger partial charge in [0.15, 0.2) is 0 Å². The molecule has 7 heteroatoms. The van der Waals surface area contributed by atoms with E-state index in [1.54, 1.807) is 19.2 Å². The lowest BCUT2D eigenvalue weighted by Crippen LogP contribution is -2.47. The maximum Gasteiger partial charge on any atom is 0.326 e. The van der Waals surface area contributed by atoms with Gasteiger partial charge in [0.05, 0.1) is 6.67 Å². The van der Waals surface area contributed by atoms with Crippen LogP contribution in [-0.4, -0.2) is 53.9 Å². The van der Waals surface area contributed by atoms with Gasteiger partial charge in [-0.1, -0.05) is 37.8 Å². The minimum Gasteiger partial charge on any atom is -0.355 e. The Bertz CT molecular complexity index is 708. The molecule has 7 nitrogen and oxygen atoms in total. The van der Waals surface area contributed by atoms with Crippen molar-refractivity contribution < 1.29 is 14.4 Å². The van der Waals surface area contributed by atoms with Crippen molar-refractivity contribution in [3.05, 3.63) is 35.4 Å². The average Bonchev–Trinajstić information content (AvgIpc) is 2.83. The molecule has 2 aliphatic rings. The second kappa shape index (κ2) is 8.08. The number of nitrogens with zero attached hydrogens (tertiary/aromatic N) is 2. The summed E-state index contributed by atoms with van der Waals surface area (Å²) >= 11 is 0. The summed E-state index contributed by atoms with van der Waals surface area (Å²) in [5.74, 6) is -0.209. The number of carbonyl (C=O) groups excluding carboxylic acids is 3. The van der Waals surface area contributed by atoms with Crippen LogP contribution < -0.4 is 10.6 Å². The molecule has 0 aromatic heterocycles. The summed E-state index contributed by atoms with van der Waals surface area (Å²) in [5.41, 5.74) is 0.929. The summed E-state index contributed by atoms with van der Waals surface area (Å²) in [6.07, 6.45) is 5.67. The van der Waals surface area contributed by atoms with E-state index >= 15 is 0 Å². The van der Waals surface area contributed by atoms with Gasteiger partial charge in [-0.15, -0.1) is 0 Å². The fraction of sp³-hybridized carbons (Fsp3) is 0.550. The van der Waals surface area contributed by atoms with Crippen molar-refractivity contribution in [2.45, 2.75) is 50.6 Å². The highest BCUT2D eigenvalue weighted by atomic mass is 16.2. The van der Waals surface area contributed by atoms with E-state index in [0.717, 1.165) is 44.1 Å². The number of rotatable bonds is 5. The maximum absolute atomic E-state index is 13.0. The van der Waals surface area contributed by atoms with E-state index in [0.29, 0.717) is 12.1 Å². The minimum atomic E-state index is -0.691. The molecular formula is C20H28N4O3. The molecule has 0 bridgehead atoms. The predicted octanol–water partition coefficient (Wildman–Crippen LogP) is 2.08. The second-order valence-electron chi connectivity index (χ2n) is 7.59. The van der Waals surface area contributed by atoms with E-state index in [1.807, 2.05) is 24.1 Å². The smallest absolute Gasteiger partial charge is 0.326 e. The van der Waals surface area contributed by atoms with Crippen LogP contribution in [0.2, 0.25) is 0 Å². The second-order valence-corrected chi connectivity index (χ2v) is 7.59. The molecule has 2 fully saturated rings. The molecule has 1 aromatic carbocycles. The van der Waals surface area contributed by atoms with Crippen LogP contribution >= 0.6 is 0 Å². The molecular weight excluding hydrogens is 344 g/mol. The van der Waals surface area contributed by atoms with Crippen molar-refractivity contribution >= 4 is 17.8 Å². The summed E-state index contributed by atoms with van der Waals surface area (Å²) in [5, 5.41) is 5.57. The van der Waals surface area contributed by atoms with Crippen molar-refractivity contribution in [1.82, 2.24) is 20.4 Å². The van der Waals surface area contributed by atoms with E-state index < -0.39 is 5.54 Å². The Labute approximate surface area is 160 Å². The number of urea groups is 1. The Morgan fingerprint density at radius 1 is 1.15 bits per heavy atom. The zero-order chi connectivity index (χ0) is 19.4. The maximum atomic E-state index is 13.0. The van der Waals surface area contributed by atoms with Crippen molar-refractivity contribution in [2.75, 3.05) is 20.8 Å². The van der Waals surface area contributed by atoms with Crippen molar-refractivity contribution in [3.63, 3.8) is 0 Å². The molecule has 1 spiro atoms. The standard InChI is InChI=1S/C20H28N4O3/c1-21-17(25)16-9-7-15(8-10-16)13-23(2)14-24-18(26)20(22-19(24)27)11-5-3-4-6-12-20/h7-10H,3-6,11-14H2,1-2H3,(H,21,25)(H,22,27). The van der Waals surface area contributed by atoms with E-state index in [9.17, 15) is 14.4 Å². The molecule has 1 saturated carbocycles. The largest absolute Gasteiger partial charge is 0.355 e. The fourth-order valence-electron chi connectivity index (χ4n) is 3.98. The van der Waals surface area contributed by atoms with Gasteiger partial charge in [-0.05, 0) is 37.6 Å². The number of carbonyl (C=O) groups is 3. The number of nitrogens with one attached hydrogen (secondary N) is 2. The molecule has 0 radical (unpaired) electrons. The lowest BCUT2D eigenvalue weighted by molar-refractivity contribution is -0.133. The van der Waals surface area contributed by atoms with Gasteiger partial charge >= 0.3 is 6.03 Å². The lowest BCUT2D eigenvalue weighted by atomic mass is 9.90. The van der Waals surface area contributed by atoms with E-state index in [-0.39, 0.29) is 24.5 Å². The van der Waals surface area contributed by atoms with Crippen LogP contribution in [0.1, 0.15) is 54.4 Å². The van der Waals surface area contributed by atoms with Crippen molar-refractivity contribution in [2.24, 2.45) is 0 Å². The number of benzene rings is 1. The third-order valence-corrected chi connectivity index (χ3v) is 5.48. The summed E-state index contributed by atoms with van der Waals surface area (Å²) < 4.78 is 0. The SMILES string of the molecule is CNC(=O)c1ccc(CN(C)CN2C(=O)NC3(CCCCCC3)C2=O)cc1. The molecule has 1 aliphatic carbocycles. The highest BCUT2D eigenvalue weighted by Crippen LogP contribution is 2.32. The summed E-state index contributed by atoms with van der Waals surface area (Å²) in [6.45, 7) is 0.835. The number of imide groups is 1. The third kappa shape index (κ3) is 4.13. The van der Waals surface area contributed by atoms with E-state index in [2.05, 4.69) is 10.6 Å². The third-order valence-electron chi connectivity index (χ3n) is 5.48. The molecule has 4 amide bonds. The van der Waals surface area contributed by atoms with E-state index in [4.69, 9.17) is 0 Å². The van der Waals surface area contributed by atoms with Crippen LogP contribution in [0.15, 0.2) is 24.3 Å². The molecule has 146 valence electrons. The van der Waals surface area contributed by atoms with Crippen LogP contribution in [0.25, 0.3) is 0 Å². The number of hydrogen-bond acceptors (Lipinski definition) is 4. The van der Waals surface area contributed by atoms with Gasteiger partial charge < -0.3 is 10.6 Å². The van der Waals surface area contributed by atoms with Gasteiger partial charge in [-0.3, -0.25) is 14.5 Å². The molecule has 1 aliphatic heterocycles. The first kappa shape index (κ1) is 19.4. The first-order valence-corrected chi connectivity index (χ1v) is 9.59. The lowest BCUT2D eigenvalue weighted by Gasteiger charge is -2.26. The van der Waals surface area contributed by atoms with Crippen LogP contribution in [0, 0.1) is 0 Å². The normalized spacial score (nSPS) is 19.3. The predicted molar refractivity (Wildman–Crippen MR) is 102 cm³/mol. The van der Waals surface area contributed by atoms with Crippen LogP contribution in [0.4, 0.5) is 4.79 Å².